The van der Waals surface area contributed by atoms with Gasteiger partial charge in [-0.05, 0) is 37.0 Å². The van der Waals surface area contributed by atoms with Gasteiger partial charge in [0.15, 0.2) is 5.78 Å². The molecule has 154 valence electrons. The second kappa shape index (κ2) is 8.49. The van der Waals surface area contributed by atoms with Gasteiger partial charge in [-0.1, -0.05) is 54.1 Å². The third-order valence-corrected chi connectivity index (χ3v) is 6.14. The Balaban J connectivity index is 1.80. The number of ether oxygens (including phenoxy) is 1. The number of halogens is 1. The van der Waals surface area contributed by atoms with Gasteiger partial charge in [0, 0.05) is 41.1 Å². The molecule has 2 aromatic rings. The van der Waals surface area contributed by atoms with Crippen LogP contribution in [-0.2, 0) is 9.59 Å². The summed E-state index contributed by atoms with van der Waals surface area (Å²) in [6.07, 6.45) is 6.19. The van der Waals surface area contributed by atoms with Gasteiger partial charge in [-0.15, -0.1) is 0 Å². The molecule has 0 saturated heterocycles. The van der Waals surface area contributed by atoms with Crippen molar-refractivity contribution in [3.05, 3.63) is 76.0 Å². The smallest absolute Gasteiger partial charge is 0.232 e. The van der Waals surface area contributed by atoms with Crippen molar-refractivity contribution in [3.8, 4) is 5.75 Å². The van der Waals surface area contributed by atoms with E-state index in [2.05, 4.69) is 0 Å². The molecule has 1 aliphatic heterocycles. The topological polar surface area (TPSA) is 46.6 Å². The van der Waals surface area contributed by atoms with Gasteiger partial charge < -0.3 is 4.74 Å². The third kappa shape index (κ3) is 3.80. The fourth-order valence-electron chi connectivity index (χ4n) is 4.25. The van der Waals surface area contributed by atoms with Crippen molar-refractivity contribution >= 4 is 35.1 Å². The van der Waals surface area contributed by atoms with Crippen molar-refractivity contribution in [2.24, 2.45) is 5.92 Å². The monoisotopic (exact) mass is 421 g/mol. The maximum Gasteiger partial charge on any atom is 0.232 e. The zero-order chi connectivity index (χ0) is 21.3. The van der Waals surface area contributed by atoms with Gasteiger partial charge in [0.05, 0.1) is 12.8 Å². The maximum atomic E-state index is 13.3. The zero-order valence-electron chi connectivity index (χ0n) is 17.2. The summed E-state index contributed by atoms with van der Waals surface area (Å²) in [6.45, 7) is 1.90. The van der Waals surface area contributed by atoms with Gasteiger partial charge in [-0.25, -0.2) is 0 Å². The molecule has 0 aromatic heterocycles. The van der Waals surface area contributed by atoms with E-state index < -0.39 is 0 Å². The number of ketones is 1. The van der Waals surface area contributed by atoms with Gasteiger partial charge in [0.2, 0.25) is 5.91 Å². The molecule has 0 radical (unpaired) electrons. The molecule has 4 rings (SSSR count). The summed E-state index contributed by atoms with van der Waals surface area (Å²) >= 11 is 6.26. The molecule has 0 fully saturated rings. The Hall–Kier alpha value is -2.85. The van der Waals surface area contributed by atoms with Crippen LogP contribution in [0.4, 0.5) is 5.69 Å². The van der Waals surface area contributed by atoms with Crippen LogP contribution in [0.1, 0.15) is 36.8 Å². The Labute approximate surface area is 181 Å². The zero-order valence-corrected chi connectivity index (χ0v) is 17.9. The number of anilines is 1. The van der Waals surface area contributed by atoms with Gasteiger partial charge in [0.25, 0.3) is 0 Å². The number of nitrogens with zero attached hydrogens (tertiary/aromatic N) is 1. The highest BCUT2D eigenvalue weighted by molar-refractivity contribution is 6.31. The van der Waals surface area contributed by atoms with E-state index >= 15 is 0 Å². The van der Waals surface area contributed by atoms with Crippen molar-refractivity contribution in [3.63, 3.8) is 0 Å². The summed E-state index contributed by atoms with van der Waals surface area (Å²) in [4.78, 5) is 27.9. The van der Waals surface area contributed by atoms with Gasteiger partial charge in [-0.2, -0.15) is 0 Å². The Bertz CT molecular complexity index is 1060. The number of Topliss-reactive ketones (excluding diaryl/α,β-unsaturated/α-hetero) is 1. The number of amides is 1. The molecule has 30 heavy (non-hydrogen) atoms. The fourth-order valence-corrected chi connectivity index (χ4v) is 4.41. The molecule has 2 aromatic carbocycles. The van der Waals surface area contributed by atoms with E-state index in [4.69, 9.17) is 16.3 Å². The van der Waals surface area contributed by atoms with E-state index in [1.54, 1.807) is 18.1 Å². The molecule has 0 saturated carbocycles. The lowest BCUT2D eigenvalue weighted by Gasteiger charge is -2.38. The van der Waals surface area contributed by atoms with E-state index in [9.17, 15) is 9.59 Å². The minimum Gasteiger partial charge on any atom is -0.495 e. The summed E-state index contributed by atoms with van der Waals surface area (Å²) in [6, 6.07) is 13.5. The van der Waals surface area contributed by atoms with Crippen LogP contribution >= 0.6 is 11.6 Å². The van der Waals surface area contributed by atoms with E-state index in [1.807, 2.05) is 55.5 Å². The molecular weight excluding hydrogens is 398 g/mol. The quantitative estimate of drug-likeness (QED) is 0.633. The van der Waals surface area contributed by atoms with Crippen LogP contribution in [0.3, 0.4) is 0 Å². The number of hydrogen-bond acceptors (Lipinski definition) is 3. The molecule has 1 amide bonds. The number of carbonyl (C=O) groups excluding carboxylic acids is 2. The van der Waals surface area contributed by atoms with Crippen molar-refractivity contribution < 1.29 is 14.3 Å². The van der Waals surface area contributed by atoms with Crippen LogP contribution in [-0.4, -0.2) is 18.8 Å². The molecule has 0 bridgehead atoms. The summed E-state index contributed by atoms with van der Waals surface area (Å²) in [5, 5.41) is 0.581. The van der Waals surface area contributed by atoms with E-state index in [0.29, 0.717) is 29.3 Å². The first kappa shape index (κ1) is 20.4. The predicted molar refractivity (Wildman–Crippen MR) is 120 cm³/mol. The first-order valence-electron chi connectivity index (χ1n) is 10.2. The number of rotatable bonds is 4. The van der Waals surface area contributed by atoms with Crippen LogP contribution in [0.5, 0.6) is 5.75 Å². The fraction of sp³-hybridized carbons (Fsp3) is 0.280. The Morgan fingerprint density at radius 1 is 1.13 bits per heavy atom. The van der Waals surface area contributed by atoms with E-state index in [0.717, 1.165) is 28.8 Å². The third-order valence-electron chi connectivity index (χ3n) is 5.73. The molecule has 1 heterocycles. The molecule has 5 heteroatoms. The molecular formula is C25H24ClNO3. The van der Waals surface area contributed by atoms with Gasteiger partial charge in [-0.3, -0.25) is 14.5 Å². The first-order valence-corrected chi connectivity index (χ1v) is 10.5. The van der Waals surface area contributed by atoms with Crippen LogP contribution in [0.2, 0.25) is 5.02 Å². The lowest BCUT2D eigenvalue weighted by atomic mass is 9.80. The Kier molecular flexibility index (Phi) is 5.78. The molecule has 2 aliphatic rings. The van der Waals surface area contributed by atoms with Gasteiger partial charge in [0.1, 0.15) is 5.75 Å². The number of benzene rings is 2. The Morgan fingerprint density at radius 2 is 1.90 bits per heavy atom. The van der Waals surface area contributed by atoms with Crippen LogP contribution in [0, 0.1) is 12.8 Å². The van der Waals surface area contributed by atoms with Crippen LogP contribution < -0.4 is 9.64 Å². The molecule has 1 atom stereocenters. The average molecular weight is 422 g/mol. The minimum absolute atomic E-state index is 0.0359. The summed E-state index contributed by atoms with van der Waals surface area (Å²) in [5.74, 6) is 0.408. The largest absolute Gasteiger partial charge is 0.495 e. The number of allylic oxidation sites excluding steroid dienone is 3. The van der Waals surface area contributed by atoms with Crippen molar-refractivity contribution in [1.82, 2.24) is 0 Å². The van der Waals surface area contributed by atoms with Crippen LogP contribution in [0.25, 0.3) is 6.08 Å². The highest BCUT2D eigenvalue weighted by Gasteiger charge is 2.39. The molecule has 0 spiro atoms. The summed E-state index contributed by atoms with van der Waals surface area (Å²) < 4.78 is 5.52. The SMILES string of the molecule is COc1cc(Cl)c(C)cc1N1C(=O)CC(/C=C/c2ccccc2)C2=C1CCCC2=O. The minimum atomic E-state index is -0.212. The number of methoxy groups -OCH3 is 1. The first-order chi connectivity index (χ1) is 14.5. The van der Waals surface area contributed by atoms with Crippen molar-refractivity contribution in [2.45, 2.75) is 32.6 Å². The summed E-state index contributed by atoms with van der Waals surface area (Å²) in [5.41, 5.74) is 4.11. The normalized spacial score (nSPS) is 19.4. The predicted octanol–water partition coefficient (Wildman–Crippen LogP) is 5.73. The molecule has 1 aliphatic carbocycles. The number of hydrogen-bond donors (Lipinski definition) is 0. The maximum absolute atomic E-state index is 13.3. The molecule has 1 unspecified atom stereocenters. The van der Waals surface area contributed by atoms with E-state index in [1.165, 1.54) is 0 Å². The average Bonchev–Trinajstić information content (AvgIpc) is 2.74. The highest BCUT2D eigenvalue weighted by Crippen LogP contribution is 2.43. The number of aryl methyl sites for hydroxylation is 1. The lowest BCUT2D eigenvalue weighted by molar-refractivity contribution is -0.120. The second-order valence-corrected chi connectivity index (χ2v) is 8.13. The van der Waals surface area contributed by atoms with Gasteiger partial charge >= 0.3 is 0 Å². The summed E-state index contributed by atoms with van der Waals surface area (Å²) in [7, 11) is 1.56. The van der Waals surface area contributed by atoms with E-state index in [-0.39, 0.29) is 24.0 Å². The molecule has 0 N–H and O–H groups in total. The highest BCUT2D eigenvalue weighted by atomic mass is 35.5. The molecule has 4 nitrogen and oxygen atoms in total. The number of carbonyl (C=O) groups is 2. The Morgan fingerprint density at radius 3 is 2.63 bits per heavy atom. The standard InChI is InChI=1S/C25H24ClNO3/c1-16-13-21(23(30-2)15-19(16)26)27-20-9-6-10-22(28)25(20)18(14-24(27)29)12-11-17-7-4-3-5-8-17/h3-5,7-8,11-13,15,18H,6,9-10,14H2,1-2H3/b12-11+. The van der Waals surface area contributed by atoms with Crippen molar-refractivity contribution in [2.75, 3.05) is 12.0 Å². The lowest BCUT2D eigenvalue weighted by Crippen LogP contribution is -2.41. The second-order valence-electron chi connectivity index (χ2n) is 7.72. The van der Waals surface area contributed by atoms with Crippen molar-refractivity contribution in [1.29, 1.82) is 0 Å². The van der Waals surface area contributed by atoms with Crippen LogP contribution in [0.15, 0.2) is 59.8 Å².